The van der Waals surface area contributed by atoms with Crippen LogP contribution in [0.2, 0.25) is 0 Å². The first kappa shape index (κ1) is 22.3. The largest absolute Gasteiger partial charge is 0.490 e. The molecule has 0 aromatic heterocycles. The molecule has 0 amide bonds. The molecule has 1 fully saturated rings. The number of hydrogen-bond donors (Lipinski definition) is 2. The monoisotopic (exact) mass is 431 g/mol. The minimum absolute atomic E-state index is 0.0115. The van der Waals surface area contributed by atoms with Gasteiger partial charge in [-0.05, 0) is 61.6 Å². The zero-order chi connectivity index (χ0) is 22.4. The fraction of sp³-hybridized carbons (Fsp3) is 0.476. The van der Waals surface area contributed by atoms with Gasteiger partial charge in [0, 0.05) is 6.04 Å². The summed E-state index contributed by atoms with van der Waals surface area (Å²) in [6.07, 6.45) is -3.83. The molecule has 3 rings (SSSR count). The Kier molecular flexibility index (Phi) is 5.70. The molecule has 30 heavy (non-hydrogen) atoms. The van der Waals surface area contributed by atoms with Gasteiger partial charge in [0.2, 0.25) is 0 Å². The molecule has 0 radical (unpaired) electrons. The Balaban J connectivity index is 2.16. The van der Waals surface area contributed by atoms with Gasteiger partial charge in [0.15, 0.2) is 0 Å². The van der Waals surface area contributed by atoms with E-state index in [2.05, 4.69) is 0 Å². The lowest BCUT2D eigenvalue weighted by Crippen LogP contribution is -2.47. The first-order valence-corrected chi connectivity index (χ1v) is 9.45. The summed E-state index contributed by atoms with van der Waals surface area (Å²) in [5.74, 6) is -5.01. The van der Waals surface area contributed by atoms with Gasteiger partial charge in [-0.2, -0.15) is 13.2 Å². The van der Waals surface area contributed by atoms with Crippen LogP contribution in [0.3, 0.4) is 0 Å². The maximum atomic E-state index is 16.0. The molecule has 0 spiro atoms. The molecule has 3 N–H and O–H groups in total. The number of halogens is 5. The highest BCUT2D eigenvalue weighted by Crippen LogP contribution is 2.51. The summed E-state index contributed by atoms with van der Waals surface area (Å²) in [6, 6.07) is 2.93. The average Bonchev–Trinajstić information content (AvgIpc) is 3.38. The SMILES string of the molecule is Cc1ccc(OC2CC2)cc1C1=CC(C(F)(F)F)=C(F)C(C(N)CC(=O)O)C1(C)F. The fourth-order valence-electron chi connectivity index (χ4n) is 3.74. The summed E-state index contributed by atoms with van der Waals surface area (Å²) in [7, 11) is 0. The van der Waals surface area contributed by atoms with Gasteiger partial charge < -0.3 is 15.6 Å². The first-order chi connectivity index (χ1) is 13.8. The molecule has 0 saturated heterocycles. The van der Waals surface area contributed by atoms with Crippen molar-refractivity contribution in [3.63, 3.8) is 0 Å². The number of benzene rings is 1. The summed E-state index contributed by atoms with van der Waals surface area (Å²) >= 11 is 0. The molecule has 3 unspecified atom stereocenters. The van der Waals surface area contributed by atoms with Crippen molar-refractivity contribution in [2.24, 2.45) is 11.7 Å². The summed E-state index contributed by atoms with van der Waals surface area (Å²) < 4.78 is 77.1. The molecule has 0 heterocycles. The number of aliphatic carboxylic acids is 1. The lowest BCUT2D eigenvalue weighted by atomic mass is 9.70. The van der Waals surface area contributed by atoms with Gasteiger partial charge in [0.05, 0.1) is 24.0 Å². The summed E-state index contributed by atoms with van der Waals surface area (Å²) in [5.41, 5.74) is 1.51. The van der Waals surface area contributed by atoms with Gasteiger partial charge in [-0.15, -0.1) is 0 Å². The van der Waals surface area contributed by atoms with Crippen LogP contribution in [0.1, 0.15) is 37.3 Å². The van der Waals surface area contributed by atoms with Crippen molar-refractivity contribution < 1.29 is 36.6 Å². The molecule has 1 aromatic rings. The van der Waals surface area contributed by atoms with E-state index < -0.39 is 53.2 Å². The van der Waals surface area contributed by atoms with Crippen molar-refractivity contribution in [3.8, 4) is 5.75 Å². The number of carboxylic acids is 1. The molecular weight excluding hydrogens is 409 g/mol. The van der Waals surface area contributed by atoms with Crippen molar-refractivity contribution in [3.05, 3.63) is 46.8 Å². The lowest BCUT2D eigenvalue weighted by molar-refractivity contribution is -0.137. The van der Waals surface area contributed by atoms with Crippen LogP contribution in [0.15, 0.2) is 35.7 Å². The van der Waals surface area contributed by atoms with E-state index in [1.54, 1.807) is 19.1 Å². The summed E-state index contributed by atoms with van der Waals surface area (Å²) in [4.78, 5) is 11.0. The molecule has 2 aliphatic carbocycles. The van der Waals surface area contributed by atoms with Crippen molar-refractivity contribution in [1.29, 1.82) is 0 Å². The average molecular weight is 431 g/mol. The third-order valence-corrected chi connectivity index (χ3v) is 5.40. The molecule has 0 bridgehead atoms. The molecule has 3 atom stereocenters. The molecule has 1 aromatic carbocycles. The van der Waals surface area contributed by atoms with Gasteiger partial charge in [-0.3, -0.25) is 4.79 Å². The summed E-state index contributed by atoms with van der Waals surface area (Å²) in [5, 5.41) is 8.96. The van der Waals surface area contributed by atoms with Crippen LogP contribution >= 0.6 is 0 Å². The first-order valence-electron chi connectivity index (χ1n) is 9.45. The van der Waals surface area contributed by atoms with Crippen LogP contribution in [0.4, 0.5) is 22.0 Å². The molecule has 9 heteroatoms. The van der Waals surface area contributed by atoms with Crippen LogP contribution in [0.25, 0.3) is 5.57 Å². The van der Waals surface area contributed by atoms with Crippen molar-refractivity contribution in [2.45, 2.75) is 57.1 Å². The third-order valence-electron chi connectivity index (χ3n) is 5.40. The number of carbonyl (C=O) groups is 1. The lowest BCUT2D eigenvalue weighted by Gasteiger charge is -2.39. The minimum atomic E-state index is -5.11. The van der Waals surface area contributed by atoms with Gasteiger partial charge in [0.1, 0.15) is 17.2 Å². The maximum Gasteiger partial charge on any atom is 0.418 e. The Morgan fingerprint density at radius 2 is 2.00 bits per heavy atom. The van der Waals surface area contributed by atoms with Gasteiger partial charge >= 0.3 is 12.1 Å². The number of allylic oxidation sites excluding steroid dienone is 3. The van der Waals surface area contributed by atoms with E-state index in [9.17, 15) is 22.4 Å². The van der Waals surface area contributed by atoms with Crippen molar-refractivity contribution in [2.75, 3.05) is 0 Å². The smallest absolute Gasteiger partial charge is 0.418 e. The number of aryl methyl sites for hydroxylation is 1. The topological polar surface area (TPSA) is 72.5 Å². The van der Waals surface area contributed by atoms with E-state index in [4.69, 9.17) is 15.6 Å². The maximum absolute atomic E-state index is 16.0. The number of hydrogen-bond acceptors (Lipinski definition) is 3. The Morgan fingerprint density at radius 1 is 1.37 bits per heavy atom. The Morgan fingerprint density at radius 3 is 2.53 bits per heavy atom. The van der Waals surface area contributed by atoms with E-state index in [1.807, 2.05) is 0 Å². The number of rotatable bonds is 6. The van der Waals surface area contributed by atoms with E-state index in [0.29, 0.717) is 17.4 Å². The standard InChI is InChI=1S/C21H22F5NO3/c1-10-3-4-12(30-11-5-6-11)7-13(10)14-8-15(21(24,25)26)19(22)18(20(14,2)23)16(27)9-17(28)29/h3-4,7-8,11,16,18H,5-6,9,27H2,1-2H3,(H,28,29). The normalized spacial score (nSPS) is 25.7. The van der Waals surface area contributed by atoms with Crippen LogP contribution in [0.5, 0.6) is 5.75 Å². The van der Waals surface area contributed by atoms with Gasteiger partial charge in [0.25, 0.3) is 0 Å². The molecule has 4 nitrogen and oxygen atoms in total. The zero-order valence-electron chi connectivity index (χ0n) is 16.4. The second-order valence-corrected chi connectivity index (χ2v) is 7.93. The zero-order valence-corrected chi connectivity index (χ0v) is 16.4. The molecule has 1 saturated carbocycles. The van der Waals surface area contributed by atoms with E-state index in [0.717, 1.165) is 19.8 Å². The Labute approximate surface area is 170 Å². The predicted octanol–water partition coefficient (Wildman–Crippen LogP) is 4.87. The Bertz CT molecular complexity index is 916. The number of ether oxygens (including phenoxy) is 1. The van der Waals surface area contributed by atoms with Crippen LogP contribution < -0.4 is 10.5 Å². The van der Waals surface area contributed by atoms with Crippen LogP contribution in [-0.4, -0.2) is 35.1 Å². The number of nitrogens with two attached hydrogens (primary N) is 1. The molecule has 0 aliphatic heterocycles. The van der Waals surface area contributed by atoms with Crippen LogP contribution in [0, 0.1) is 12.8 Å². The summed E-state index contributed by atoms with van der Waals surface area (Å²) in [6.45, 7) is 2.51. The van der Waals surface area contributed by atoms with Crippen molar-refractivity contribution in [1.82, 2.24) is 0 Å². The predicted molar refractivity (Wildman–Crippen MR) is 100 cm³/mol. The molecule has 164 valence electrons. The quantitative estimate of drug-likeness (QED) is 0.631. The highest BCUT2D eigenvalue weighted by molar-refractivity contribution is 5.80. The second-order valence-electron chi connectivity index (χ2n) is 7.93. The second kappa shape index (κ2) is 7.68. The number of alkyl halides is 4. The van der Waals surface area contributed by atoms with E-state index in [-0.39, 0.29) is 11.7 Å². The highest BCUT2D eigenvalue weighted by Gasteiger charge is 2.52. The number of carboxylic acid groups (broad SMARTS) is 1. The van der Waals surface area contributed by atoms with Crippen LogP contribution in [-0.2, 0) is 4.79 Å². The van der Waals surface area contributed by atoms with Gasteiger partial charge in [-0.25, -0.2) is 8.78 Å². The van der Waals surface area contributed by atoms with Gasteiger partial charge in [-0.1, -0.05) is 6.07 Å². The molecular formula is C21H22F5NO3. The van der Waals surface area contributed by atoms with Crippen molar-refractivity contribution >= 4 is 11.5 Å². The minimum Gasteiger partial charge on any atom is -0.490 e. The van der Waals surface area contributed by atoms with E-state index in [1.165, 1.54) is 6.07 Å². The van der Waals surface area contributed by atoms with E-state index >= 15 is 4.39 Å². The molecule has 2 aliphatic rings. The highest BCUT2D eigenvalue weighted by atomic mass is 19.4. The fourth-order valence-corrected chi connectivity index (χ4v) is 3.74. The third kappa shape index (κ3) is 4.35. The Hall–Kier alpha value is -2.42.